The average molecular weight is 288 g/mol. The minimum atomic E-state index is -0.679. The Hall–Kier alpha value is -0.610. The van der Waals surface area contributed by atoms with Crippen LogP contribution in [0.25, 0.3) is 0 Å². The molecule has 0 rings (SSSR count). The van der Waals surface area contributed by atoms with Gasteiger partial charge in [-0.05, 0) is 40.0 Å². The van der Waals surface area contributed by atoms with E-state index in [2.05, 4.69) is 6.92 Å². The third kappa shape index (κ3) is 6.23. The number of hydrogen-bond acceptors (Lipinski definition) is 4. The van der Waals surface area contributed by atoms with E-state index in [4.69, 9.17) is 9.78 Å². The summed E-state index contributed by atoms with van der Waals surface area (Å²) in [5, 5.41) is 9.40. The van der Waals surface area contributed by atoms with Crippen LogP contribution in [0.15, 0.2) is 0 Å². The van der Waals surface area contributed by atoms with Gasteiger partial charge in [0.2, 0.25) is 0 Å². The highest BCUT2D eigenvalue weighted by Crippen LogP contribution is 2.35. The fourth-order valence-electron chi connectivity index (χ4n) is 2.49. The maximum Gasteiger partial charge on any atom is 0.348 e. The Morgan fingerprint density at radius 2 is 1.75 bits per heavy atom. The van der Waals surface area contributed by atoms with Crippen LogP contribution in [0.2, 0.25) is 0 Å². The molecule has 0 aromatic carbocycles. The van der Waals surface area contributed by atoms with Crippen LogP contribution in [-0.2, 0) is 14.6 Å². The summed E-state index contributed by atoms with van der Waals surface area (Å²) >= 11 is 0. The normalized spacial score (nSPS) is 14.2. The van der Waals surface area contributed by atoms with Gasteiger partial charge < -0.3 is 5.11 Å². The zero-order chi connectivity index (χ0) is 15.8. The van der Waals surface area contributed by atoms with Gasteiger partial charge in [0.25, 0.3) is 0 Å². The number of aliphatic hydroxyl groups is 1. The summed E-state index contributed by atoms with van der Waals surface area (Å²) < 4.78 is 0. The molecule has 20 heavy (non-hydrogen) atoms. The molecular formula is C16H32O4. The molecule has 0 heterocycles. The lowest BCUT2D eigenvalue weighted by Gasteiger charge is -2.31. The van der Waals surface area contributed by atoms with Gasteiger partial charge in [-0.15, -0.1) is 0 Å². The highest BCUT2D eigenvalue weighted by Gasteiger charge is 2.38. The van der Waals surface area contributed by atoms with Crippen LogP contribution in [0.5, 0.6) is 0 Å². The van der Waals surface area contributed by atoms with E-state index in [1.54, 1.807) is 20.8 Å². The summed E-state index contributed by atoms with van der Waals surface area (Å²) in [5.41, 5.74) is -1.13. The second kappa shape index (κ2) is 8.63. The van der Waals surface area contributed by atoms with Crippen LogP contribution in [0.1, 0.15) is 80.1 Å². The first-order chi connectivity index (χ1) is 9.23. The minimum Gasteiger partial charge on any atom is -0.393 e. The Morgan fingerprint density at radius 1 is 1.20 bits per heavy atom. The molecule has 0 aromatic heterocycles. The van der Waals surface area contributed by atoms with Crippen LogP contribution in [0.4, 0.5) is 0 Å². The van der Waals surface area contributed by atoms with Gasteiger partial charge in [0.05, 0.1) is 11.5 Å². The number of carbonyl (C=O) groups is 1. The predicted octanol–water partition coefficient (Wildman–Crippen LogP) is 4.01. The van der Waals surface area contributed by atoms with Crippen molar-refractivity contribution in [3.05, 3.63) is 0 Å². The smallest absolute Gasteiger partial charge is 0.348 e. The number of unbranched alkanes of at least 4 members (excludes halogenated alkanes) is 1. The van der Waals surface area contributed by atoms with Crippen molar-refractivity contribution in [2.45, 2.75) is 91.8 Å². The molecule has 1 N–H and O–H groups in total. The van der Waals surface area contributed by atoms with Crippen LogP contribution in [0, 0.1) is 5.41 Å². The molecule has 4 heteroatoms. The summed E-state index contributed by atoms with van der Waals surface area (Å²) in [6.07, 6.45) is 4.32. The molecule has 0 bridgehead atoms. The SMILES string of the molecule is CCCCC(CC)(CC)C(=O)OOC(C)(C)CC(C)O. The van der Waals surface area contributed by atoms with Crippen LogP contribution in [-0.4, -0.2) is 22.8 Å². The van der Waals surface area contributed by atoms with E-state index in [1.807, 2.05) is 13.8 Å². The molecule has 0 aliphatic heterocycles. The largest absolute Gasteiger partial charge is 0.393 e. The topological polar surface area (TPSA) is 55.8 Å². The number of aliphatic hydroxyl groups excluding tert-OH is 1. The molecule has 0 aromatic rings. The predicted molar refractivity (Wildman–Crippen MR) is 80.1 cm³/mol. The Labute approximate surface area is 123 Å². The molecule has 1 unspecified atom stereocenters. The summed E-state index contributed by atoms with van der Waals surface area (Å²) in [6, 6.07) is 0. The molecule has 0 amide bonds. The summed E-state index contributed by atoms with van der Waals surface area (Å²) in [6.45, 7) is 11.4. The van der Waals surface area contributed by atoms with Crippen molar-refractivity contribution < 1.29 is 19.7 Å². The Bertz CT molecular complexity index is 280. The molecule has 0 radical (unpaired) electrons. The molecule has 1 atom stereocenters. The first kappa shape index (κ1) is 19.4. The average Bonchev–Trinajstić information content (AvgIpc) is 2.37. The van der Waals surface area contributed by atoms with Gasteiger partial charge >= 0.3 is 5.97 Å². The molecular weight excluding hydrogens is 256 g/mol. The van der Waals surface area contributed by atoms with E-state index < -0.39 is 17.1 Å². The molecule has 0 fully saturated rings. The van der Waals surface area contributed by atoms with Gasteiger partial charge in [0, 0.05) is 6.42 Å². The highest BCUT2D eigenvalue weighted by atomic mass is 17.2. The molecule has 120 valence electrons. The van der Waals surface area contributed by atoms with E-state index in [1.165, 1.54) is 0 Å². The zero-order valence-corrected chi connectivity index (χ0v) is 14.0. The number of rotatable bonds is 10. The second-order valence-corrected chi connectivity index (χ2v) is 6.36. The van der Waals surface area contributed by atoms with E-state index in [9.17, 15) is 9.90 Å². The lowest BCUT2D eigenvalue weighted by atomic mass is 9.78. The van der Waals surface area contributed by atoms with Crippen LogP contribution < -0.4 is 0 Å². The fraction of sp³-hybridized carbons (Fsp3) is 0.938. The first-order valence-corrected chi connectivity index (χ1v) is 7.81. The molecule has 0 spiro atoms. The number of hydrogen-bond donors (Lipinski definition) is 1. The molecule has 0 aliphatic carbocycles. The van der Waals surface area contributed by atoms with Gasteiger partial charge in [-0.3, -0.25) is 4.89 Å². The Balaban J connectivity index is 4.61. The van der Waals surface area contributed by atoms with Crippen LogP contribution >= 0.6 is 0 Å². The van der Waals surface area contributed by atoms with Gasteiger partial charge in [-0.2, -0.15) is 4.89 Å². The monoisotopic (exact) mass is 288 g/mol. The van der Waals surface area contributed by atoms with Crippen molar-refractivity contribution in [2.24, 2.45) is 5.41 Å². The Morgan fingerprint density at radius 3 is 2.15 bits per heavy atom. The lowest BCUT2D eigenvalue weighted by molar-refractivity contribution is -0.335. The minimum absolute atomic E-state index is 0.283. The first-order valence-electron chi connectivity index (χ1n) is 7.81. The van der Waals surface area contributed by atoms with Crippen LogP contribution in [0.3, 0.4) is 0 Å². The van der Waals surface area contributed by atoms with Gasteiger partial charge in [0.1, 0.15) is 5.60 Å². The third-order valence-corrected chi connectivity index (χ3v) is 3.93. The quantitative estimate of drug-likeness (QED) is 0.487. The van der Waals surface area contributed by atoms with E-state index in [0.717, 1.165) is 32.1 Å². The van der Waals surface area contributed by atoms with Crippen molar-refractivity contribution in [2.75, 3.05) is 0 Å². The second-order valence-electron chi connectivity index (χ2n) is 6.36. The summed E-state index contributed by atoms with van der Waals surface area (Å²) in [5.74, 6) is -0.283. The molecule has 0 saturated carbocycles. The van der Waals surface area contributed by atoms with E-state index in [-0.39, 0.29) is 5.97 Å². The third-order valence-electron chi connectivity index (χ3n) is 3.93. The molecule has 0 aliphatic rings. The van der Waals surface area contributed by atoms with Crippen molar-refractivity contribution in [1.82, 2.24) is 0 Å². The molecule has 0 saturated heterocycles. The highest BCUT2D eigenvalue weighted by molar-refractivity contribution is 5.76. The zero-order valence-electron chi connectivity index (χ0n) is 14.0. The summed E-state index contributed by atoms with van der Waals surface area (Å²) in [7, 11) is 0. The van der Waals surface area contributed by atoms with E-state index in [0.29, 0.717) is 6.42 Å². The van der Waals surface area contributed by atoms with Crippen molar-refractivity contribution in [3.8, 4) is 0 Å². The maximum absolute atomic E-state index is 12.4. The van der Waals surface area contributed by atoms with Gasteiger partial charge in [-0.1, -0.05) is 33.6 Å². The summed E-state index contributed by atoms with van der Waals surface area (Å²) in [4.78, 5) is 22.7. The van der Waals surface area contributed by atoms with E-state index >= 15 is 0 Å². The van der Waals surface area contributed by atoms with Crippen molar-refractivity contribution >= 4 is 5.97 Å². The number of carbonyl (C=O) groups excluding carboxylic acids is 1. The molecule has 4 nitrogen and oxygen atoms in total. The van der Waals surface area contributed by atoms with Crippen molar-refractivity contribution in [1.29, 1.82) is 0 Å². The van der Waals surface area contributed by atoms with Gasteiger partial charge in [-0.25, -0.2) is 4.79 Å². The van der Waals surface area contributed by atoms with Gasteiger partial charge in [0.15, 0.2) is 0 Å². The maximum atomic E-state index is 12.4. The Kier molecular flexibility index (Phi) is 8.36. The standard InChI is InChI=1S/C16H32O4/c1-7-10-11-16(8-2,9-3)14(18)19-20-15(5,6)12-13(4)17/h13,17H,7-12H2,1-6H3. The van der Waals surface area contributed by atoms with Crippen molar-refractivity contribution in [3.63, 3.8) is 0 Å². The fourth-order valence-corrected chi connectivity index (χ4v) is 2.49. The lowest BCUT2D eigenvalue weighted by Crippen LogP contribution is -2.36.